The minimum atomic E-state index is 0.397. The molecule has 0 unspecified atom stereocenters. The highest BCUT2D eigenvalue weighted by atomic mass is 15.3. The fourth-order valence-corrected chi connectivity index (χ4v) is 3.10. The number of aryl methyl sites for hydroxylation is 2. The van der Waals surface area contributed by atoms with Gasteiger partial charge in [0.25, 0.3) is 0 Å². The van der Waals surface area contributed by atoms with Crippen molar-refractivity contribution < 1.29 is 0 Å². The van der Waals surface area contributed by atoms with E-state index >= 15 is 0 Å². The van der Waals surface area contributed by atoms with Crippen LogP contribution in [-0.4, -0.2) is 47.3 Å². The van der Waals surface area contributed by atoms with E-state index in [1.165, 1.54) is 17.7 Å². The maximum absolute atomic E-state index is 4.47. The number of hydrogen-bond donors (Lipinski definition) is 1. The number of aromatic nitrogens is 2. The van der Waals surface area contributed by atoms with Crippen molar-refractivity contribution in [3.05, 3.63) is 17.0 Å². The first-order valence-electron chi connectivity index (χ1n) is 7.79. The van der Waals surface area contributed by atoms with E-state index < -0.39 is 0 Å². The molecule has 21 heavy (non-hydrogen) atoms. The van der Waals surface area contributed by atoms with Gasteiger partial charge in [0.05, 0.1) is 5.69 Å². The topological polar surface area (TPSA) is 45.5 Å². The number of guanidine groups is 1. The molecule has 0 aromatic carbocycles. The van der Waals surface area contributed by atoms with Crippen LogP contribution in [0.1, 0.15) is 37.2 Å². The van der Waals surface area contributed by atoms with E-state index in [0.717, 1.165) is 37.7 Å². The van der Waals surface area contributed by atoms with Crippen LogP contribution in [-0.2, 0) is 13.5 Å². The Kier molecular flexibility index (Phi) is 4.59. The summed E-state index contributed by atoms with van der Waals surface area (Å²) < 4.78 is 1.96. The van der Waals surface area contributed by atoms with E-state index in [-0.39, 0.29) is 0 Å². The van der Waals surface area contributed by atoms with Gasteiger partial charge in [0.15, 0.2) is 5.96 Å². The minimum absolute atomic E-state index is 0.397. The molecule has 5 nitrogen and oxygen atoms in total. The molecular weight excluding hydrogens is 262 g/mol. The molecule has 0 aliphatic carbocycles. The summed E-state index contributed by atoms with van der Waals surface area (Å²) in [6.07, 6.45) is 2.22. The van der Waals surface area contributed by atoms with Gasteiger partial charge < -0.3 is 10.2 Å². The van der Waals surface area contributed by atoms with Gasteiger partial charge in [-0.1, -0.05) is 13.8 Å². The van der Waals surface area contributed by atoms with Crippen molar-refractivity contribution in [2.24, 2.45) is 17.5 Å². The molecule has 0 spiro atoms. The first kappa shape index (κ1) is 15.9. The van der Waals surface area contributed by atoms with Gasteiger partial charge in [-0.05, 0) is 37.7 Å². The second kappa shape index (κ2) is 6.08. The summed E-state index contributed by atoms with van der Waals surface area (Å²) in [4.78, 5) is 6.79. The van der Waals surface area contributed by atoms with Gasteiger partial charge >= 0.3 is 0 Å². The summed E-state index contributed by atoms with van der Waals surface area (Å²) in [7, 11) is 3.87. The first-order valence-corrected chi connectivity index (χ1v) is 7.79. The van der Waals surface area contributed by atoms with Crippen LogP contribution in [0.4, 0.5) is 0 Å². The molecule has 1 saturated heterocycles. The molecule has 0 atom stereocenters. The quantitative estimate of drug-likeness (QED) is 0.683. The molecule has 1 aliphatic heterocycles. The highest BCUT2D eigenvalue weighted by Crippen LogP contribution is 2.28. The van der Waals surface area contributed by atoms with Crippen molar-refractivity contribution in [2.75, 3.05) is 26.7 Å². The average molecular weight is 291 g/mol. The van der Waals surface area contributed by atoms with Crippen LogP contribution < -0.4 is 5.32 Å². The lowest BCUT2D eigenvalue weighted by Gasteiger charge is -2.23. The van der Waals surface area contributed by atoms with E-state index in [2.05, 4.69) is 48.0 Å². The fraction of sp³-hybridized carbons (Fsp3) is 0.750. The zero-order valence-electron chi connectivity index (χ0n) is 14.3. The maximum atomic E-state index is 4.47. The van der Waals surface area contributed by atoms with Crippen molar-refractivity contribution in [1.29, 1.82) is 0 Å². The summed E-state index contributed by atoms with van der Waals surface area (Å²) in [5.41, 5.74) is 4.14. The second-order valence-corrected chi connectivity index (χ2v) is 6.83. The zero-order chi connectivity index (χ0) is 15.6. The van der Waals surface area contributed by atoms with Crippen LogP contribution in [0.25, 0.3) is 0 Å². The lowest BCUT2D eigenvalue weighted by atomic mass is 9.93. The summed E-state index contributed by atoms with van der Waals surface area (Å²) in [5, 5.41) is 7.97. The van der Waals surface area contributed by atoms with Crippen LogP contribution in [0, 0.1) is 19.3 Å². The Labute approximate surface area is 128 Å². The molecule has 5 heteroatoms. The first-order chi connectivity index (χ1) is 9.84. The zero-order valence-corrected chi connectivity index (χ0v) is 14.3. The van der Waals surface area contributed by atoms with Crippen LogP contribution in [0.3, 0.4) is 0 Å². The number of nitrogens with zero attached hydrogens (tertiary/aromatic N) is 4. The molecule has 118 valence electrons. The highest BCUT2D eigenvalue weighted by molar-refractivity contribution is 5.80. The Morgan fingerprint density at radius 3 is 2.57 bits per heavy atom. The third-order valence-corrected chi connectivity index (χ3v) is 4.51. The Morgan fingerprint density at radius 1 is 1.38 bits per heavy atom. The molecule has 0 amide bonds. The van der Waals surface area contributed by atoms with Crippen molar-refractivity contribution in [3.63, 3.8) is 0 Å². The van der Waals surface area contributed by atoms with Gasteiger partial charge in [-0.3, -0.25) is 9.67 Å². The summed E-state index contributed by atoms with van der Waals surface area (Å²) in [5.74, 6) is 1.03. The number of rotatable bonds is 3. The van der Waals surface area contributed by atoms with Crippen LogP contribution >= 0.6 is 0 Å². The minimum Gasteiger partial charge on any atom is -0.356 e. The maximum Gasteiger partial charge on any atom is 0.193 e. The van der Waals surface area contributed by atoms with E-state index in [0.29, 0.717) is 5.41 Å². The largest absolute Gasteiger partial charge is 0.356 e. The predicted octanol–water partition coefficient (Wildman–Crippen LogP) is 1.89. The molecular formula is C16H29N5. The van der Waals surface area contributed by atoms with Gasteiger partial charge in [-0.25, -0.2) is 0 Å². The molecule has 0 radical (unpaired) electrons. The molecule has 1 aromatic heterocycles. The highest BCUT2D eigenvalue weighted by Gasteiger charge is 2.30. The number of hydrogen-bond acceptors (Lipinski definition) is 2. The van der Waals surface area contributed by atoms with Crippen molar-refractivity contribution >= 4 is 5.96 Å². The lowest BCUT2D eigenvalue weighted by Crippen LogP contribution is -2.41. The molecule has 0 bridgehead atoms. The van der Waals surface area contributed by atoms with Crippen molar-refractivity contribution in [2.45, 2.75) is 40.5 Å². The Morgan fingerprint density at radius 2 is 2.10 bits per heavy atom. The molecule has 2 rings (SSSR count). The fourth-order valence-electron chi connectivity index (χ4n) is 3.10. The summed E-state index contributed by atoms with van der Waals surface area (Å²) in [6, 6.07) is 0. The normalized spacial score (nSPS) is 18.4. The predicted molar refractivity (Wildman–Crippen MR) is 87.7 cm³/mol. The van der Waals surface area contributed by atoms with E-state index in [1.54, 1.807) is 0 Å². The standard InChI is InChI=1S/C16H29N5/c1-12-14(13(2)20(6)19-12)7-9-18-15(17-5)21-10-8-16(3,4)11-21/h7-11H2,1-6H3,(H,17,18). The van der Waals surface area contributed by atoms with Crippen LogP contribution in [0.2, 0.25) is 0 Å². The van der Waals surface area contributed by atoms with Gasteiger partial charge in [0.2, 0.25) is 0 Å². The van der Waals surface area contributed by atoms with Gasteiger partial charge in [-0.15, -0.1) is 0 Å². The van der Waals surface area contributed by atoms with Gasteiger partial charge in [-0.2, -0.15) is 5.10 Å². The molecule has 1 aliphatic rings. The van der Waals surface area contributed by atoms with Crippen molar-refractivity contribution in [3.8, 4) is 0 Å². The molecule has 1 aromatic rings. The average Bonchev–Trinajstić information content (AvgIpc) is 2.88. The number of likely N-dealkylation sites (tertiary alicyclic amines) is 1. The number of nitrogens with one attached hydrogen (secondary N) is 1. The smallest absolute Gasteiger partial charge is 0.193 e. The third kappa shape index (κ3) is 3.57. The Bertz CT molecular complexity index is 527. The molecule has 1 fully saturated rings. The summed E-state index contributed by atoms with van der Waals surface area (Å²) >= 11 is 0. The molecule has 2 heterocycles. The van der Waals surface area contributed by atoms with E-state index in [1.807, 2.05) is 18.8 Å². The van der Waals surface area contributed by atoms with Gasteiger partial charge in [0, 0.05) is 39.4 Å². The summed E-state index contributed by atoms with van der Waals surface area (Å²) in [6.45, 7) is 11.9. The van der Waals surface area contributed by atoms with E-state index in [4.69, 9.17) is 0 Å². The van der Waals surface area contributed by atoms with Crippen molar-refractivity contribution in [1.82, 2.24) is 20.0 Å². The van der Waals surface area contributed by atoms with Crippen LogP contribution in [0.15, 0.2) is 4.99 Å². The molecule has 0 saturated carbocycles. The number of aliphatic imine (C=N–C) groups is 1. The molecule has 1 N–H and O–H groups in total. The van der Waals surface area contributed by atoms with E-state index in [9.17, 15) is 0 Å². The van der Waals surface area contributed by atoms with Gasteiger partial charge in [0.1, 0.15) is 0 Å². The third-order valence-electron chi connectivity index (χ3n) is 4.51. The monoisotopic (exact) mass is 291 g/mol. The Balaban J connectivity index is 1.90. The SMILES string of the molecule is CN=C(NCCc1c(C)nn(C)c1C)N1CCC(C)(C)C1. The second-order valence-electron chi connectivity index (χ2n) is 6.83. The Hall–Kier alpha value is -1.52. The lowest BCUT2D eigenvalue weighted by molar-refractivity contribution is 0.370. The van der Waals surface area contributed by atoms with Crippen LogP contribution in [0.5, 0.6) is 0 Å².